The molecule has 4 heterocycles. The van der Waals surface area contributed by atoms with Crippen LogP contribution in [0.2, 0.25) is 0 Å². The molecule has 17 rings (SSSR count). The molecule has 462 valence electrons. The predicted octanol–water partition coefficient (Wildman–Crippen LogP) is 22.4. The summed E-state index contributed by atoms with van der Waals surface area (Å²) in [5, 5.41) is 14.4. The number of hydrogen-bond donors (Lipinski definition) is 0. The second kappa shape index (κ2) is 25.0. The molecule has 0 radical (unpaired) electrons. The van der Waals surface area contributed by atoms with Gasteiger partial charge < -0.3 is 9.13 Å². The van der Waals surface area contributed by atoms with Crippen molar-refractivity contribution < 1.29 is 0 Å². The summed E-state index contributed by atoms with van der Waals surface area (Å²) in [6.07, 6.45) is 0. The number of rotatable bonds is 12. The zero-order chi connectivity index (χ0) is 67.2. The van der Waals surface area contributed by atoms with Gasteiger partial charge in [-0.05, 0) is 117 Å². The first-order valence-electron chi connectivity index (χ1n) is 32.4. The predicted molar refractivity (Wildman–Crippen MR) is 400 cm³/mol. The molecule has 0 aliphatic rings. The van der Waals surface area contributed by atoms with E-state index in [1.54, 1.807) is 24.3 Å². The van der Waals surface area contributed by atoms with Gasteiger partial charge in [0.25, 0.3) is 0 Å². The first kappa shape index (κ1) is 59.2. The van der Waals surface area contributed by atoms with Crippen molar-refractivity contribution in [3.63, 3.8) is 0 Å². The van der Waals surface area contributed by atoms with E-state index >= 15 is 0 Å². The average molecular weight is 1280 g/mol. The van der Waals surface area contributed by atoms with Gasteiger partial charge in [0.2, 0.25) is 0 Å². The van der Waals surface area contributed by atoms with Gasteiger partial charge in [0.15, 0.2) is 52.0 Å². The minimum Gasteiger partial charge on any atom is -0.308 e. The number of nitriles is 1. The van der Waals surface area contributed by atoms with E-state index in [1.165, 1.54) is 0 Å². The van der Waals surface area contributed by atoms with Crippen LogP contribution in [0.5, 0.6) is 0 Å². The Labute approximate surface area is 575 Å². The summed E-state index contributed by atoms with van der Waals surface area (Å²) in [5.74, 6) is 3.14. The van der Waals surface area contributed by atoms with Crippen LogP contribution in [-0.2, 0) is 0 Å². The minimum absolute atomic E-state index is 0.407. The lowest BCUT2D eigenvalue weighted by molar-refractivity contribution is 1.06. The minimum atomic E-state index is 0.407. The Balaban J connectivity index is 0.876. The summed E-state index contributed by atoms with van der Waals surface area (Å²) in [6.45, 7) is 23.5. The maximum Gasteiger partial charge on any atom is 0.188 e. The smallest absolute Gasteiger partial charge is 0.188 e. The highest BCUT2D eigenvalue weighted by Crippen LogP contribution is 2.45. The number of para-hydroxylation sites is 2. The van der Waals surface area contributed by atoms with E-state index in [0.29, 0.717) is 57.6 Å². The van der Waals surface area contributed by atoms with Gasteiger partial charge in [0.1, 0.15) is 0 Å². The molecule has 0 spiro atoms. The molecule has 12 nitrogen and oxygen atoms in total. The van der Waals surface area contributed by atoms with Crippen molar-refractivity contribution in [2.24, 2.45) is 0 Å². The van der Waals surface area contributed by atoms with Gasteiger partial charge in [-0.25, -0.2) is 44.4 Å². The van der Waals surface area contributed by atoms with Crippen molar-refractivity contribution in [1.82, 2.24) is 39.0 Å². The lowest BCUT2D eigenvalue weighted by atomic mass is 9.96. The van der Waals surface area contributed by atoms with Gasteiger partial charge in [-0.15, -0.1) is 0 Å². The fraction of sp³-hybridized carbons (Fsp3) is 0. The summed E-state index contributed by atoms with van der Waals surface area (Å²) in [4.78, 5) is 42.6. The van der Waals surface area contributed by atoms with Crippen LogP contribution in [0.1, 0.15) is 5.56 Å². The SMILES string of the molecule is [C-]#[N+]c1ccc(-c2ccc3c(c2)c2ccccc2n3-c2cc(-c3cccc(-c4ccc(-c5nc(-c6ccccc6)nc(-c6ccccc6)n5)c(-n5c6ccccc6c6cc(-c7ccc([N+]#[C-])cc7[N+]#[C-])ccc65)c4)c3)ccc2-c2nc(-c3ccccc3)nc(-c3ccccc3)n2)c(C#N)c1. The first-order chi connectivity index (χ1) is 49.4. The van der Waals surface area contributed by atoms with E-state index in [0.717, 1.165) is 133 Å². The molecule has 0 aliphatic heterocycles. The molecule has 0 saturated heterocycles. The molecule has 0 saturated carbocycles. The highest BCUT2D eigenvalue weighted by atomic mass is 15.1. The molecule has 0 aliphatic carbocycles. The Morgan fingerprint density at radius 2 is 0.610 bits per heavy atom. The molecule has 100 heavy (non-hydrogen) atoms. The first-order valence-corrected chi connectivity index (χ1v) is 32.4. The zero-order valence-corrected chi connectivity index (χ0v) is 53.2. The third-order valence-corrected chi connectivity index (χ3v) is 18.3. The third kappa shape index (κ3) is 10.6. The van der Waals surface area contributed by atoms with Crippen molar-refractivity contribution in [2.75, 3.05) is 0 Å². The Morgan fingerprint density at radius 3 is 1.04 bits per heavy atom. The van der Waals surface area contributed by atoms with Crippen LogP contribution in [0.3, 0.4) is 0 Å². The Hall–Kier alpha value is -14.6. The topological polar surface area (TPSA) is 124 Å². The van der Waals surface area contributed by atoms with Crippen molar-refractivity contribution >= 4 is 60.7 Å². The highest BCUT2D eigenvalue weighted by molar-refractivity contribution is 6.13. The molecule has 0 fully saturated rings. The molecule has 13 aromatic carbocycles. The van der Waals surface area contributed by atoms with Crippen molar-refractivity contribution in [2.45, 2.75) is 0 Å². The highest BCUT2D eigenvalue weighted by Gasteiger charge is 2.25. The van der Waals surface area contributed by atoms with Crippen LogP contribution in [0, 0.1) is 31.0 Å². The monoisotopic (exact) mass is 1270 g/mol. The number of benzene rings is 13. The fourth-order valence-corrected chi connectivity index (χ4v) is 13.6. The van der Waals surface area contributed by atoms with Crippen LogP contribution in [0.25, 0.3) is 182 Å². The largest absolute Gasteiger partial charge is 0.308 e. The molecular formula is C88H50N12. The van der Waals surface area contributed by atoms with E-state index < -0.39 is 0 Å². The number of aromatic nitrogens is 8. The quantitative estimate of drug-likeness (QED) is 0.112. The summed E-state index contributed by atoms with van der Waals surface area (Å²) in [7, 11) is 0. The number of nitrogens with zero attached hydrogens (tertiary/aromatic N) is 12. The van der Waals surface area contributed by atoms with Gasteiger partial charge in [-0.1, -0.05) is 231 Å². The fourth-order valence-electron chi connectivity index (χ4n) is 13.6. The molecule has 0 atom stereocenters. The maximum atomic E-state index is 10.4. The third-order valence-electron chi connectivity index (χ3n) is 18.3. The summed E-state index contributed by atoms with van der Waals surface area (Å²) >= 11 is 0. The molecule has 0 unspecified atom stereocenters. The van der Waals surface area contributed by atoms with Gasteiger partial charge in [0.05, 0.1) is 59.2 Å². The summed E-state index contributed by atoms with van der Waals surface area (Å²) in [5.41, 5.74) is 19.1. The van der Waals surface area contributed by atoms with Crippen LogP contribution in [0.4, 0.5) is 17.1 Å². The van der Waals surface area contributed by atoms with Gasteiger partial charge in [-0.3, -0.25) is 0 Å². The standard InChI is InChI=1S/C88H50N12/c1-90-66-39-43-68(65(48-66)54-89)63-37-45-79-74(49-63)70-31-16-18-33-77(70)99(79)81-51-61(35-41-72(81)87-95-83(55-21-8-4-9-22-55)93-84(96-87)56-23-10-5-11-24-56)59-29-20-30-60(47-59)62-36-42-73(88-97-85(57-25-12-6-13-26-57)94-86(98-88)58-27-14-7-15-28-58)82(52-62)100-78-34-19-17-32-71(78)75-50-64(38-46-80(75)100)69-44-40-67(91-2)53-76(69)92-3/h4-53H. The average Bonchev–Trinajstić information content (AvgIpc) is 1.57. The zero-order valence-electron chi connectivity index (χ0n) is 53.2. The molecule has 0 N–H and O–H groups in total. The molecule has 17 aromatic rings. The van der Waals surface area contributed by atoms with Crippen LogP contribution >= 0.6 is 0 Å². The maximum absolute atomic E-state index is 10.4. The second-order valence-corrected chi connectivity index (χ2v) is 24.2. The van der Waals surface area contributed by atoms with E-state index in [2.05, 4.69) is 163 Å². The van der Waals surface area contributed by atoms with Crippen molar-refractivity contribution in [3.8, 4) is 130 Å². The van der Waals surface area contributed by atoms with Gasteiger partial charge >= 0.3 is 0 Å². The van der Waals surface area contributed by atoms with E-state index in [-0.39, 0.29) is 0 Å². The number of fused-ring (bicyclic) bond motifs is 6. The van der Waals surface area contributed by atoms with Crippen LogP contribution in [0.15, 0.2) is 303 Å². The normalized spacial score (nSPS) is 11.2. The summed E-state index contributed by atoms with van der Waals surface area (Å²) < 4.78 is 4.59. The molecule has 0 bridgehead atoms. The van der Waals surface area contributed by atoms with Crippen LogP contribution in [-0.4, -0.2) is 39.0 Å². The second-order valence-electron chi connectivity index (χ2n) is 24.2. The van der Waals surface area contributed by atoms with E-state index in [9.17, 15) is 5.26 Å². The lowest BCUT2D eigenvalue weighted by Gasteiger charge is -2.18. The summed E-state index contributed by atoms with van der Waals surface area (Å²) in [6, 6.07) is 104. The van der Waals surface area contributed by atoms with Crippen molar-refractivity contribution in [3.05, 3.63) is 343 Å². The molecule has 12 heteroatoms. The van der Waals surface area contributed by atoms with Crippen molar-refractivity contribution in [1.29, 1.82) is 5.26 Å². The lowest BCUT2D eigenvalue weighted by Crippen LogP contribution is -2.04. The Morgan fingerprint density at radius 1 is 0.260 bits per heavy atom. The van der Waals surface area contributed by atoms with E-state index in [4.69, 9.17) is 49.6 Å². The van der Waals surface area contributed by atoms with Gasteiger partial charge in [-0.2, -0.15) is 5.26 Å². The Kier molecular flexibility index (Phi) is 14.8. The van der Waals surface area contributed by atoms with Crippen LogP contribution < -0.4 is 0 Å². The molecule has 0 amide bonds. The van der Waals surface area contributed by atoms with Gasteiger partial charge in [0, 0.05) is 60.5 Å². The van der Waals surface area contributed by atoms with E-state index in [1.807, 2.05) is 146 Å². The molecular weight excluding hydrogens is 1230 g/mol. The Bertz CT molecular complexity index is 5830. The number of hydrogen-bond acceptors (Lipinski definition) is 7. The molecule has 4 aromatic heterocycles.